The van der Waals surface area contributed by atoms with Crippen LogP contribution in [0.15, 0.2) is 18.3 Å². The molecule has 0 aliphatic carbocycles. The van der Waals surface area contributed by atoms with Crippen LogP contribution in [0.1, 0.15) is 23.0 Å². The first kappa shape index (κ1) is 15.1. The average Bonchev–Trinajstić information content (AvgIpc) is 2.28. The van der Waals surface area contributed by atoms with Crippen LogP contribution >= 0.6 is 0 Å². The summed E-state index contributed by atoms with van der Waals surface area (Å²) in [6, 6.07) is 2.55. The fourth-order valence-corrected chi connectivity index (χ4v) is 2.46. The monoisotopic (exact) mass is 287 g/mol. The number of hydrogen-bond donors (Lipinski definition) is 1. The summed E-state index contributed by atoms with van der Waals surface area (Å²) < 4.78 is 27.8. The van der Waals surface area contributed by atoms with Gasteiger partial charge in [0, 0.05) is 6.20 Å². The third kappa shape index (κ3) is 5.04. The molecular weight excluding hydrogens is 274 g/mol. The number of carbonyl (C=O) groups is 2. The van der Waals surface area contributed by atoms with E-state index in [1.54, 1.807) is 6.92 Å². The van der Waals surface area contributed by atoms with E-state index in [1.807, 2.05) is 0 Å². The zero-order valence-corrected chi connectivity index (χ0v) is 11.0. The zero-order chi connectivity index (χ0) is 14.5. The number of ether oxygens (including phenoxy) is 1. The molecular formula is C11H13NO6S. The molecule has 104 valence electrons. The first-order valence-electron chi connectivity index (χ1n) is 5.38. The van der Waals surface area contributed by atoms with Gasteiger partial charge in [0.25, 0.3) is 0 Å². The Hall–Kier alpha value is -1.96. The second kappa shape index (κ2) is 6.28. The molecule has 19 heavy (non-hydrogen) atoms. The lowest BCUT2D eigenvalue weighted by molar-refractivity contribution is -0.139. The maximum atomic E-state index is 11.6. The van der Waals surface area contributed by atoms with Crippen molar-refractivity contribution in [1.82, 2.24) is 4.98 Å². The standard InChI is InChI=1S/C11H13NO6S/c1-2-18-10(13)7-19(16,17)6-9-4-3-8(5-12-9)11(14)15/h3-5H,2,6-7H2,1H3,(H,14,15). The number of hydrogen-bond acceptors (Lipinski definition) is 6. The smallest absolute Gasteiger partial charge is 0.337 e. The SMILES string of the molecule is CCOC(=O)CS(=O)(=O)Cc1ccc(C(=O)O)cn1. The van der Waals surface area contributed by atoms with E-state index in [4.69, 9.17) is 5.11 Å². The molecule has 7 nitrogen and oxygen atoms in total. The number of aromatic carboxylic acids is 1. The Kier molecular flexibility index (Phi) is 4.99. The third-order valence-corrected chi connectivity index (χ3v) is 3.49. The summed E-state index contributed by atoms with van der Waals surface area (Å²) in [5, 5.41) is 8.67. The largest absolute Gasteiger partial charge is 0.478 e. The van der Waals surface area contributed by atoms with Crippen molar-refractivity contribution in [1.29, 1.82) is 0 Å². The van der Waals surface area contributed by atoms with Crippen molar-refractivity contribution in [3.8, 4) is 0 Å². The van der Waals surface area contributed by atoms with Gasteiger partial charge in [0.05, 0.1) is 23.6 Å². The molecule has 0 fully saturated rings. The molecule has 0 saturated carbocycles. The number of sulfone groups is 1. The Morgan fingerprint density at radius 2 is 2.05 bits per heavy atom. The van der Waals surface area contributed by atoms with Gasteiger partial charge >= 0.3 is 11.9 Å². The number of esters is 1. The molecule has 0 spiro atoms. The molecule has 1 rings (SSSR count). The van der Waals surface area contributed by atoms with Crippen molar-refractivity contribution in [2.75, 3.05) is 12.4 Å². The van der Waals surface area contributed by atoms with Gasteiger partial charge in [0.15, 0.2) is 9.84 Å². The van der Waals surface area contributed by atoms with Crippen molar-refractivity contribution < 1.29 is 27.9 Å². The number of carboxylic acid groups (broad SMARTS) is 1. The molecule has 8 heteroatoms. The van der Waals surface area contributed by atoms with Crippen LogP contribution in [0.2, 0.25) is 0 Å². The van der Waals surface area contributed by atoms with Gasteiger partial charge in [-0.15, -0.1) is 0 Å². The van der Waals surface area contributed by atoms with E-state index in [2.05, 4.69) is 9.72 Å². The number of carbonyl (C=O) groups excluding carboxylic acids is 1. The highest BCUT2D eigenvalue weighted by Crippen LogP contribution is 2.06. The van der Waals surface area contributed by atoms with Crippen LogP contribution < -0.4 is 0 Å². The number of carboxylic acids is 1. The van der Waals surface area contributed by atoms with Crippen LogP contribution in [-0.4, -0.2) is 42.8 Å². The van der Waals surface area contributed by atoms with Gasteiger partial charge in [0.2, 0.25) is 0 Å². The fourth-order valence-electron chi connectivity index (χ4n) is 1.29. The Balaban J connectivity index is 2.73. The minimum Gasteiger partial charge on any atom is -0.478 e. The summed E-state index contributed by atoms with van der Waals surface area (Å²) in [6.07, 6.45) is 1.07. The van der Waals surface area contributed by atoms with Gasteiger partial charge in [-0.2, -0.15) is 0 Å². The molecule has 1 aromatic rings. The molecule has 0 unspecified atom stereocenters. The Labute approximate surface area is 110 Å². The Bertz CT molecular complexity index is 563. The summed E-state index contributed by atoms with van der Waals surface area (Å²) in [4.78, 5) is 25.4. The minimum absolute atomic E-state index is 0.0356. The Morgan fingerprint density at radius 1 is 1.37 bits per heavy atom. The third-order valence-electron chi connectivity index (χ3n) is 2.08. The number of rotatable bonds is 6. The summed E-state index contributed by atoms with van der Waals surface area (Å²) in [6.45, 7) is 1.69. The summed E-state index contributed by atoms with van der Waals surface area (Å²) in [7, 11) is -3.67. The van der Waals surface area contributed by atoms with E-state index in [0.717, 1.165) is 6.20 Å². The lowest BCUT2D eigenvalue weighted by atomic mass is 10.2. The van der Waals surface area contributed by atoms with Crippen LogP contribution in [0, 0.1) is 0 Å². The Morgan fingerprint density at radius 3 is 2.53 bits per heavy atom. The maximum absolute atomic E-state index is 11.6. The van der Waals surface area contributed by atoms with Crippen LogP contribution in [0.4, 0.5) is 0 Å². The minimum atomic E-state index is -3.67. The average molecular weight is 287 g/mol. The molecule has 0 bridgehead atoms. The molecule has 1 aromatic heterocycles. The van der Waals surface area contributed by atoms with Crippen LogP contribution in [0.5, 0.6) is 0 Å². The van der Waals surface area contributed by atoms with Crippen molar-refractivity contribution >= 4 is 21.8 Å². The molecule has 0 saturated heterocycles. The molecule has 0 aliphatic rings. The quantitative estimate of drug-likeness (QED) is 0.747. The lowest BCUT2D eigenvalue weighted by Crippen LogP contribution is -2.20. The highest BCUT2D eigenvalue weighted by Gasteiger charge is 2.19. The van der Waals surface area contributed by atoms with Crippen LogP contribution in [0.3, 0.4) is 0 Å². The molecule has 0 aromatic carbocycles. The van der Waals surface area contributed by atoms with Crippen molar-refractivity contribution in [3.63, 3.8) is 0 Å². The van der Waals surface area contributed by atoms with Crippen molar-refractivity contribution in [2.24, 2.45) is 0 Å². The van der Waals surface area contributed by atoms with E-state index < -0.39 is 33.3 Å². The van der Waals surface area contributed by atoms with Crippen LogP contribution in [-0.2, 0) is 25.1 Å². The predicted octanol–water partition coefficient (Wildman–Crippen LogP) is 0.258. The number of aromatic nitrogens is 1. The highest BCUT2D eigenvalue weighted by molar-refractivity contribution is 7.91. The van der Waals surface area contributed by atoms with Gasteiger partial charge < -0.3 is 9.84 Å². The topological polar surface area (TPSA) is 111 Å². The van der Waals surface area contributed by atoms with E-state index in [0.29, 0.717) is 0 Å². The molecule has 1 heterocycles. The first-order chi connectivity index (χ1) is 8.84. The van der Waals surface area contributed by atoms with E-state index in [9.17, 15) is 18.0 Å². The van der Waals surface area contributed by atoms with Crippen molar-refractivity contribution in [3.05, 3.63) is 29.6 Å². The maximum Gasteiger partial charge on any atom is 0.337 e. The van der Waals surface area contributed by atoms with Gasteiger partial charge in [-0.1, -0.05) is 0 Å². The van der Waals surface area contributed by atoms with E-state index >= 15 is 0 Å². The highest BCUT2D eigenvalue weighted by atomic mass is 32.2. The molecule has 0 atom stereocenters. The normalized spacial score (nSPS) is 11.0. The number of nitrogens with zero attached hydrogens (tertiary/aromatic N) is 1. The second-order valence-electron chi connectivity index (χ2n) is 3.68. The van der Waals surface area contributed by atoms with E-state index in [-0.39, 0.29) is 17.9 Å². The van der Waals surface area contributed by atoms with Crippen LogP contribution in [0.25, 0.3) is 0 Å². The van der Waals surface area contributed by atoms with Gasteiger partial charge in [-0.25, -0.2) is 13.2 Å². The number of pyridine rings is 1. The second-order valence-corrected chi connectivity index (χ2v) is 5.75. The molecule has 0 amide bonds. The van der Waals surface area contributed by atoms with Gasteiger partial charge in [-0.05, 0) is 19.1 Å². The van der Waals surface area contributed by atoms with E-state index in [1.165, 1.54) is 12.1 Å². The lowest BCUT2D eigenvalue weighted by Gasteiger charge is -2.04. The molecule has 0 aliphatic heterocycles. The summed E-state index contributed by atoms with van der Waals surface area (Å²) in [5.74, 6) is -3.12. The fraction of sp³-hybridized carbons (Fsp3) is 0.364. The first-order valence-corrected chi connectivity index (χ1v) is 7.20. The van der Waals surface area contributed by atoms with Crippen molar-refractivity contribution in [2.45, 2.75) is 12.7 Å². The summed E-state index contributed by atoms with van der Waals surface area (Å²) >= 11 is 0. The molecule has 1 N–H and O–H groups in total. The molecule has 0 radical (unpaired) electrons. The summed E-state index contributed by atoms with van der Waals surface area (Å²) in [5.41, 5.74) is 0.140. The van der Waals surface area contributed by atoms with Gasteiger partial charge in [-0.3, -0.25) is 9.78 Å². The zero-order valence-electron chi connectivity index (χ0n) is 10.2. The predicted molar refractivity (Wildman–Crippen MR) is 65.3 cm³/mol. The van der Waals surface area contributed by atoms with Gasteiger partial charge in [0.1, 0.15) is 5.75 Å².